The summed E-state index contributed by atoms with van der Waals surface area (Å²) in [5.41, 5.74) is 1.65. The molecule has 132 valence electrons. The molecule has 3 rings (SSSR count). The number of rotatable bonds is 4. The molecule has 2 heterocycles. The Morgan fingerprint density at radius 2 is 1.96 bits per heavy atom. The van der Waals surface area contributed by atoms with Gasteiger partial charge in [-0.05, 0) is 31.2 Å². The number of methoxy groups -OCH3 is 1. The van der Waals surface area contributed by atoms with Crippen LogP contribution < -0.4 is 14.8 Å². The highest BCUT2D eigenvalue weighted by Gasteiger charge is 2.24. The lowest BCUT2D eigenvalue weighted by Gasteiger charge is -2.32. The number of piperidine rings is 1. The number of benzene rings is 1. The molecule has 6 nitrogen and oxygen atoms in total. The minimum absolute atomic E-state index is 0.111. The van der Waals surface area contributed by atoms with E-state index in [1.807, 2.05) is 43.3 Å². The van der Waals surface area contributed by atoms with Gasteiger partial charge < -0.3 is 19.7 Å². The Bertz CT molecular complexity index is 710. The molecule has 1 aliphatic heterocycles. The van der Waals surface area contributed by atoms with Crippen molar-refractivity contribution in [3.63, 3.8) is 0 Å². The monoisotopic (exact) mass is 341 g/mol. The van der Waals surface area contributed by atoms with Crippen LogP contribution in [0.2, 0.25) is 0 Å². The summed E-state index contributed by atoms with van der Waals surface area (Å²) in [5.74, 6) is 1.43. The number of anilines is 1. The molecule has 0 bridgehead atoms. The Morgan fingerprint density at radius 3 is 2.64 bits per heavy atom. The number of nitrogens with one attached hydrogen (secondary N) is 1. The highest BCUT2D eigenvalue weighted by molar-refractivity contribution is 5.91. The lowest BCUT2D eigenvalue weighted by Crippen LogP contribution is -2.43. The molecule has 6 heteroatoms. The molecule has 0 spiro atoms. The van der Waals surface area contributed by atoms with Crippen LogP contribution in [0, 0.1) is 6.92 Å². The number of likely N-dealkylation sites (tertiary alicyclic amines) is 1. The number of ether oxygens (including phenoxy) is 2. The maximum atomic E-state index is 12.4. The van der Waals surface area contributed by atoms with E-state index in [4.69, 9.17) is 9.47 Å². The van der Waals surface area contributed by atoms with Crippen molar-refractivity contribution in [2.24, 2.45) is 0 Å². The summed E-state index contributed by atoms with van der Waals surface area (Å²) in [7, 11) is 1.59. The van der Waals surface area contributed by atoms with Crippen molar-refractivity contribution < 1.29 is 14.3 Å². The number of aryl methyl sites for hydroxylation is 1. The molecular formula is C19H23N3O3. The second kappa shape index (κ2) is 7.88. The van der Waals surface area contributed by atoms with Gasteiger partial charge in [0.05, 0.1) is 19.0 Å². The first-order chi connectivity index (χ1) is 12.2. The van der Waals surface area contributed by atoms with Crippen LogP contribution >= 0.6 is 0 Å². The van der Waals surface area contributed by atoms with E-state index in [0.717, 1.165) is 24.3 Å². The number of amides is 2. The van der Waals surface area contributed by atoms with Crippen molar-refractivity contribution in [3.8, 4) is 11.5 Å². The first-order valence-corrected chi connectivity index (χ1v) is 8.44. The van der Waals surface area contributed by atoms with Gasteiger partial charge >= 0.3 is 6.03 Å². The average Bonchev–Trinajstić information content (AvgIpc) is 2.64. The number of hydrogen-bond donors (Lipinski definition) is 1. The second-order valence-electron chi connectivity index (χ2n) is 6.07. The molecule has 2 aromatic rings. The SMILES string of the molecule is COc1ccccc1NC(=O)N1CCC(Oc2ccc(C)nc2)CC1. The van der Waals surface area contributed by atoms with Gasteiger partial charge in [0.15, 0.2) is 0 Å². The van der Waals surface area contributed by atoms with Crippen molar-refractivity contribution in [2.75, 3.05) is 25.5 Å². The largest absolute Gasteiger partial charge is 0.495 e. The van der Waals surface area contributed by atoms with Crippen LogP contribution in [0.15, 0.2) is 42.6 Å². The van der Waals surface area contributed by atoms with Crippen molar-refractivity contribution >= 4 is 11.7 Å². The molecule has 0 radical (unpaired) electrons. The van der Waals surface area contributed by atoms with Gasteiger partial charge in [0.2, 0.25) is 0 Å². The Labute approximate surface area is 147 Å². The van der Waals surface area contributed by atoms with E-state index in [1.54, 1.807) is 18.2 Å². The summed E-state index contributed by atoms with van der Waals surface area (Å²) in [4.78, 5) is 18.5. The van der Waals surface area contributed by atoms with E-state index >= 15 is 0 Å². The topological polar surface area (TPSA) is 63.7 Å². The highest BCUT2D eigenvalue weighted by atomic mass is 16.5. The zero-order chi connectivity index (χ0) is 17.6. The lowest BCUT2D eigenvalue weighted by molar-refractivity contribution is 0.115. The Balaban J connectivity index is 1.51. The number of carbonyl (C=O) groups excluding carboxylic acids is 1. The molecule has 1 fully saturated rings. The van der Waals surface area contributed by atoms with Crippen LogP contribution in [0.25, 0.3) is 0 Å². The van der Waals surface area contributed by atoms with Crippen LogP contribution in [0.1, 0.15) is 18.5 Å². The van der Waals surface area contributed by atoms with E-state index in [0.29, 0.717) is 24.5 Å². The molecule has 25 heavy (non-hydrogen) atoms. The fourth-order valence-electron chi connectivity index (χ4n) is 2.84. The van der Waals surface area contributed by atoms with Crippen molar-refractivity contribution in [2.45, 2.75) is 25.9 Å². The summed E-state index contributed by atoms with van der Waals surface area (Å²) < 4.78 is 11.2. The second-order valence-corrected chi connectivity index (χ2v) is 6.07. The van der Waals surface area contributed by atoms with Crippen molar-refractivity contribution in [1.82, 2.24) is 9.88 Å². The van der Waals surface area contributed by atoms with Gasteiger partial charge in [0.1, 0.15) is 17.6 Å². The molecule has 1 N–H and O–H groups in total. The van der Waals surface area contributed by atoms with Crippen LogP contribution in [0.5, 0.6) is 11.5 Å². The van der Waals surface area contributed by atoms with Crippen molar-refractivity contribution in [3.05, 3.63) is 48.3 Å². The molecule has 0 aliphatic carbocycles. The predicted molar refractivity (Wildman–Crippen MR) is 96.2 cm³/mol. The Morgan fingerprint density at radius 1 is 1.20 bits per heavy atom. The number of aromatic nitrogens is 1. The van der Waals surface area contributed by atoms with E-state index in [1.165, 1.54) is 0 Å². The van der Waals surface area contributed by atoms with Gasteiger partial charge in [-0.15, -0.1) is 0 Å². The quantitative estimate of drug-likeness (QED) is 0.925. The zero-order valence-corrected chi connectivity index (χ0v) is 14.6. The zero-order valence-electron chi connectivity index (χ0n) is 14.6. The third-order valence-corrected chi connectivity index (χ3v) is 4.26. The molecule has 1 saturated heterocycles. The third-order valence-electron chi connectivity index (χ3n) is 4.26. The Kier molecular flexibility index (Phi) is 5.38. The molecule has 0 saturated carbocycles. The molecule has 2 amide bonds. The first kappa shape index (κ1) is 17.1. The van der Waals surface area contributed by atoms with Gasteiger partial charge in [0.25, 0.3) is 0 Å². The standard InChI is InChI=1S/C19H23N3O3/c1-14-7-8-16(13-20-14)25-15-9-11-22(12-10-15)19(23)21-17-5-3-4-6-18(17)24-2/h3-8,13,15H,9-12H2,1-2H3,(H,21,23). The number of urea groups is 1. The number of pyridine rings is 1. The maximum absolute atomic E-state index is 12.4. The van der Waals surface area contributed by atoms with Crippen LogP contribution in [-0.2, 0) is 0 Å². The number of nitrogens with zero attached hydrogens (tertiary/aromatic N) is 2. The summed E-state index contributed by atoms with van der Waals surface area (Å²) in [6.07, 6.45) is 3.45. The first-order valence-electron chi connectivity index (χ1n) is 8.44. The molecule has 0 unspecified atom stereocenters. The fourth-order valence-corrected chi connectivity index (χ4v) is 2.84. The number of para-hydroxylation sites is 2. The molecule has 1 aromatic heterocycles. The van der Waals surface area contributed by atoms with E-state index in [2.05, 4.69) is 10.3 Å². The lowest BCUT2D eigenvalue weighted by atomic mass is 10.1. The minimum Gasteiger partial charge on any atom is -0.495 e. The van der Waals surface area contributed by atoms with Gasteiger partial charge in [0, 0.05) is 31.6 Å². The summed E-state index contributed by atoms with van der Waals surface area (Å²) >= 11 is 0. The third kappa shape index (κ3) is 4.41. The van der Waals surface area contributed by atoms with Gasteiger partial charge in [-0.2, -0.15) is 0 Å². The van der Waals surface area contributed by atoms with E-state index in [9.17, 15) is 4.79 Å². The Hall–Kier alpha value is -2.76. The van der Waals surface area contributed by atoms with Gasteiger partial charge in [-0.1, -0.05) is 12.1 Å². The fraction of sp³-hybridized carbons (Fsp3) is 0.368. The molecule has 0 atom stereocenters. The maximum Gasteiger partial charge on any atom is 0.321 e. The van der Waals surface area contributed by atoms with E-state index in [-0.39, 0.29) is 12.1 Å². The molecule has 1 aliphatic rings. The summed E-state index contributed by atoms with van der Waals surface area (Å²) in [5, 5.41) is 2.91. The van der Waals surface area contributed by atoms with Crippen LogP contribution in [0.4, 0.5) is 10.5 Å². The van der Waals surface area contributed by atoms with Crippen molar-refractivity contribution in [1.29, 1.82) is 0 Å². The van der Waals surface area contributed by atoms with Gasteiger partial charge in [-0.3, -0.25) is 4.98 Å². The molecule has 1 aromatic carbocycles. The number of carbonyl (C=O) groups is 1. The smallest absolute Gasteiger partial charge is 0.321 e. The summed E-state index contributed by atoms with van der Waals surface area (Å²) in [6, 6.07) is 11.2. The van der Waals surface area contributed by atoms with Crippen LogP contribution in [0.3, 0.4) is 0 Å². The summed E-state index contributed by atoms with van der Waals surface area (Å²) in [6.45, 7) is 3.26. The highest BCUT2D eigenvalue weighted by Crippen LogP contribution is 2.24. The van der Waals surface area contributed by atoms with Crippen LogP contribution in [-0.4, -0.2) is 42.2 Å². The minimum atomic E-state index is -0.111. The van der Waals surface area contributed by atoms with E-state index < -0.39 is 0 Å². The number of hydrogen-bond acceptors (Lipinski definition) is 4. The molecular weight excluding hydrogens is 318 g/mol. The van der Waals surface area contributed by atoms with Gasteiger partial charge in [-0.25, -0.2) is 4.79 Å². The predicted octanol–water partition coefficient (Wildman–Crippen LogP) is 3.47. The normalized spacial score (nSPS) is 14.9. The average molecular weight is 341 g/mol.